The monoisotopic (exact) mass is 421 g/mol. The molecule has 0 spiro atoms. The van der Waals surface area contributed by atoms with Gasteiger partial charge in [0.1, 0.15) is 0 Å². The lowest BCUT2D eigenvalue weighted by Crippen LogP contribution is -2.46. The highest BCUT2D eigenvalue weighted by molar-refractivity contribution is 7.93. The maximum Gasteiger partial charge on any atom is 0.471 e. The number of alkyl halides is 3. The summed E-state index contributed by atoms with van der Waals surface area (Å²) >= 11 is 0. The van der Waals surface area contributed by atoms with E-state index >= 15 is 0 Å². The number of allylic oxidation sites excluding steroid dienone is 2. The molecule has 28 heavy (non-hydrogen) atoms. The molecule has 1 unspecified atom stereocenters. The third-order valence-electron chi connectivity index (χ3n) is 5.86. The summed E-state index contributed by atoms with van der Waals surface area (Å²) in [6.07, 6.45) is 1.89. The number of nitrogens with zero attached hydrogens (tertiary/aromatic N) is 2. The molecule has 6 nitrogen and oxygen atoms in total. The summed E-state index contributed by atoms with van der Waals surface area (Å²) in [4.78, 5) is 14.5. The van der Waals surface area contributed by atoms with Crippen LogP contribution in [-0.4, -0.2) is 69.6 Å². The largest absolute Gasteiger partial charge is 0.471 e. The quantitative estimate of drug-likeness (QED) is 0.738. The molecule has 1 amide bonds. The number of sulfonamides is 1. The van der Waals surface area contributed by atoms with Crippen molar-refractivity contribution in [2.24, 2.45) is 5.92 Å². The summed E-state index contributed by atoms with van der Waals surface area (Å²) in [5, 5.41) is 0. The third-order valence-corrected chi connectivity index (χ3v) is 7.35. The van der Waals surface area contributed by atoms with Gasteiger partial charge in [0, 0.05) is 25.7 Å². The van der Waals surface area contributed by atoms with Crippen LogP contribution in [0, 0.1) is 5.92 Å². The molecule has 0 radical (unpaired) electrons. The van der Waals surface area contributed by atoms with E-state index in [-0.39, 0.29) is 23.9 Å². The van der Waals surface area contributed by atoms with Gasteiger partial charge >= 0.3 is 12.1 Å². The Morgan fingerprint density at radius 1 is 1.29 bits per heavy atom. The minimum absolute atomic E-state index is 0.0108. The highest BCUT2D eigenvalue weighted by atomic mass is 32.2. The van der Waals surface area contributed by atoms with Crippen molar-refractivity contribution in [2.45, 2.75) is 44.3 Å². The zero-order valence-electron chi connectivity index (χ0n) is 15.8. The summed E-state index contributed by atoms with van der Waals surface area (Å²) < 4.78 is 65.8. The van der Waals surface area contributed by atoms with Crippen molar-refractivity contribution in [1.82, 2.24) is 14.5 Å². The molecule has 1 N–H and O–H groups in total. The molecule has 2 fully saturated rings. The van der Waals surface area contributed by atoms with Gasteiger partial charge in [-0.25, -0.2) is 13.1 Å². The first-order chi connectivity index (χ1) is 13.1. The molecule has 10 heteroatoms. The second kappa shape index (κ2) is 8.16. The minimum atomic E-state index is -4.91. The van der Waals surface area contributed by atoms with E-state index in [2.05, 4.69) is 9.62 Å². The fourth-order valence-electron chi connectivity index (χ4n) is 4.19. The smallest absolute Gasteiger partial charge is 0.331 e. The van der Waals surface area contributed by atoms with E-state index in [1.165, 1.54) is 6.08 Å². The molecule has 3 aliphatic rings. The molecule has 0 aromatic rings. The van der Waals surface area contributed by atoms with Crippen molar-refractivity contribution in [3.05, 3.63) is 22.6 Å². The van der Waals surface area contributed by atoms with Crippen LogP contribution in [0.5, 0.6) is 0 Å². The van der Waals surface area contributed by atoms with Gasteiger partial charge in [0.2, 0.25) is 10.0 Å². The third kappa shape index (κ3) is 4.77. The summed E-state index contributed by atoms with van der Waals surface area (Å²) in [5.74, 6) is -1.88. The molecule has 2 saturated heterocycles. The van der Waals surface area contributed by atoms with Gasteiger partial charge in [-0.1, -0.05) is 6.08 Å². The Labute approximate surface area is 163 Å². The van der Waals surface area contributed by atoms with Gasteiger partial charge < -0.3 is 9.80 Å². The minimum Gasteiger partial charge on any atom is -0.331 e. The van der Waals surface area contributed by atoms with Gasteiger partial charge in [0.25, 0.3) is 0 Å². The van der Waals surface area contributed by atoms with Gasteiger partial charge in [-0.15, -0.1) is 0 Å². The Morgan fingerprint density at radius 2 is 2.04 bits per heavy atom. The van der Waals surface area contributed by atoms with E-state index in [1.54, 1.807) is 6.08 Å². The first-order valence-electron chi connectivity index (χ1n) is 9.54. The van der Waals surface area contributed by atoms with Crippen LogP contribution in [0.25, 0.3) is 0 Å². The molecule has 0 saturated carbocycles. The van der Waals surface area contributed by atoms with E-state index in [0.29, 0.717) is 31.0 Å². The van der Waals surface area contributed by atoms with Crippen LogP contribution in [0.15, 0.2) is 22.6 Å². The van der Waals surface area contributed by atoms with E-state index in [4.69, 9.17) is 0 Å². The second-order valence-electron chi connectivity index (χ2n) is 7.73. The van der Waals surface area contributed by atoms with Crippen molar-refractivity contribution >= 4 is 15.9 Å². The lowest BCUT2D eigenvalue weighted by molar-refractivity contribution is -0.185. The van der Waals surface area contributed by atoms with E-state index < -0.39 is 22.1 Å². The summed E-state index contributed by atoms with van der Waals surface area (Å²) in [6.45, 7) is 1.19. The Bertz CT molecular complexity index is 777. The van der Waals surface area contributed by atoms with Crippen molar-refractivity contribution in [2.75, 3.05) is 33.2 Å². The number of amides is 1. The number of rotatable bonds is 5. The highest BCUT2D eigenvalue weighted by Crippen LogP contribution is 2.34. The van der Waals surface area contributed by atoms with E-state index in [1.807, 2.05) is 7.05 Å². The van der Waals surface area contributed by atoms with E-state index in [0.717, 1.165) is 30.7 Å². The van der Waals surface area contributed by atoms with Crippen LogP contribution in [0.1, 0.15) is 32.1 Å². The Hall–Kier alpha value is -1.39. The number of fused-ring (bicyclic) bond motifs is 1. The van der Waals surface area contributed by atoms with Crippen LogP contribution in [-0.2, 0) is 14.8 Å². The average Bonchev–Trinajstić information content (AvgIpc) is 3.04. The number of hydrogen-bond acceptors (Lipinski definition) is 4. The Balaban J connectivity index is 1.62. The first kappa shape index (κ1) is 21.3. The fourth-order valence-corrected chi connectivity index (χ4v) is 5.36. The molecule has 2 heterocycles. The maximum atomic E-state index is 12.7. The van der Waals surface area contributed by atoms with Crippen LogP contribution >= 0.6 is 0 Å². The van der Waals surface area contributed by atoms with Gasteiger partial charge in [-0.05, 0) is 63.3 Å². The number of halogens is 3. The number of carbonyl (C=O) groups excluding carboxylic acids is 1. The van der Waals surface area contributed by atoms with Crippen molar-refractivity contribution in [3.8, 4) is 0 Å². The Kier molecular flexibility index (Phi) is 6.21. The van der Waals surface area contributed by atoms with Crippen molar-refractivity contribution < 1.29 is 26.4 Å². The fraction of sp³-hybridized carbons (Fsp3) is 0.722. The number of hydrogen-bond donors (Lipinski definition) is 1. The lowest BCUT2D eigenvalue weighted by atomic mass is 9.85. The normalized spacial score (nSPS) is 26.6. The molecule has 2 aliphatic heterocycles. The lowest BCUT2D eigenvalue weighted by Gasteiger charge is -2.36. The zero-order valence-corrected chi connectivity index (χ0v) is 16.7. The molecule has 1 aliphatic carbocycles. The molecule has 0 bridgehead atoms. The standard InChI is InChI=1S/C18H26F3N3O3S/c1-23-9-2-3-15(23)6-8-22-28(26,27)16-5-4-13-7-10-24(12-14(13)11-16)17(25)18(19,20)21/h5,11,13,15,22H,2-4,6-10,12H2,1H3/t13?,15-/m0/s1. The topological polar surface area (TPSA) is 69.7 Å². The molecule has 0 aromatic heterocycles. The van der Waals surface area contributed by atoms with Gasteiger partial charge in [-0.2, -0.15) is 13.2 Å². The Morgan fingerprint density at radius 3 is 2.68 bits per heavy atom. The number of piperidine rings is 1. The van der Waals surface area contributed by atoms with E-state index in [9.17, 15) is 26.4 Å². The number of carbonyl (C=O) groups is 1. The number of likely N-dealkylation sites (tertiary alicyclic amines) is 2. The predicted octanol–water partition coefficient (Wildman–Crippen LogP) is 2.01. The SMILES string of the molecule is CN1CCC[C@H]1CCNS(=O)(=O)C1=CCC2CCN(C(=O)C(F)(F)F)CC2=C1. The van der Waals surface area contributed by atoms with Gasteiger partial charge in [0.05, 0.1) is 4.91 Å². The van der Waals surface area contributed by atoms with Gasteiger partial charge in [0.15, 0.2) is 0 Å². The van der Waals surface area contributed by atoms with Crippen LogP contribution in [0.4, 0.5) is 13.2 Å². The van der Waals surface area contributed by atoms with Gasteiger partial charge in [-0.3, -0.25) is 4.79 Å². The van der Waals surface area contributed by atoms with Crippen LogP contribution in [0.3, 0.4) is 0 Å². The van der Waals surface area contributed by atoms with Crippen LogP contribution < -0.4 is 4.72 Å². The summed E-state index contributed by atoms with van der Waals surface area (Å²) in [5.41, 5.74) is 0.572. The highest BCUT2D eigenvalue weighted by Gasteiger charge is 2.44. The second-order valence-corrected chi connectivity index (χ2v) is 9.50. The molecule has 3 rings (SSSR count). The molecule has 158 valence electrons. The van der Waals surface area contributed by atoms with Crippen molar-refractivity contribution in [1.29, 1.82) is 0 Å². The maximum absolute atomic E-state index is 12.7. The molecular formula is C18H26F3N3O3S. The molecule has 2 atom stereocenters. The van der Waals surface area contributed by atoms with Crippen LogP contribution in [0.2, 0.25) is 0 Å². The zero-order chi connectivity index (χ0) is 20.5. The predicted molar refractivity (Wildman–Crippen MR) is 98.7 cm³/mol. The average molecular weight is 421 g/mol. The molecule has 0 aromatic carbocycles. The summed E-state index contributed by atoms with van der Waals surface area (Å²) in [7, 11) is -1.69. The van der Waals surface area contributed by atoms with Crippen molar-refractivity contribution in [3.63, 3.8) is 0 Å². The number of nitrogens with one attached hydrogen (secondary N) is 1. The summed E-state index contributed by atoms with van der Waals surface area (Å²) in [6, 6.07) is 0.367. The molecular weight excluding hydrogens is 395 g/mol. The first-order valence-corrected chi connectivity index (χ1v) is 11.0.